The van der Waals surface area contributed by atoms with Crippen molar-refractivity contribution in [2.24, 2.45) is 17.8 Å². The maximum atomic E-state index is 14.4. The van der Waals surface area contributed by atoms with E-state index in [-0.39, 0.29) is 19.6 Å². The summed E-state index contributed by atoms with van der Waals surface area (Å²) in [4.78, 5) is 27.7. The Labute approximate surface area is 376 Å². The summed E-state index contributed by atoms with van der Waals surface area (Å²) in [5, 5.41) is 25.5. The molecule has 1 aromatic rings. The molecule has 63 heavy (non-hydrogen) atoms. The summed E-state index contributed by atoms with van der Waals surface area (Å²) in [7, 11) is 0. The van der Waals surface area contributed by atoms with Crippen LogP contribution < -0.4 is 0 Å². The van der Waals surface area contributed by atoms with Gasteiger partial charge in [0.2, 0.25) is 0 Å². The lowest BCUT2D eigenvalue weighted by Gasteiger charge is -2.61. The summed E-state index contributed by atoms with van der Waals surface area (Å²) in [6, 6.07) is 9.86. The quantitative estimate of drug-likeness (QED) is 0.0305. The van der Waals surface area contributed by atoms with Gasteiger partial charge in [-0.05, 0) is 49.8 Å². The standard InChI is InChI=1S/C53H76O10/c1-7-9-11-13-15-16-17-18-19-20-21-23-28-32-42(54)59-36-49-46(60-49)43-47-52(37(3)4)45(58-35-40-30-26-25-27-31-40)39(6)53(43,41-34-38(5)44(55)51(41,57)48(49)56)63-50(61-47,62-52)33-29-24-22-14-12-10-8-2/h22,24-27,29-31,33-34,39,41,43,45-48,56-57H,3,7-21,23,28,32,35-36H2,1-2,4-6H3/t39-,41-,43+,45-,46+,47-,48-,49+,50-,51-,52+,53+/m1/s1. The van der Waals surface area contributed by atoms with Gasteiger partial charge in [-0.15, -0.1) is 0 Å². The molecule has 0 amide bonds. The topological polar surface area (TPSA) is 133 Å². The molecule has 3 heterocycles. The normalized spacial score (nSPS) is 37.2. The molecule has 12 atom stereocenters. The van der Waals surface area contributed by atoms with E-state index in [2.05, 4.69) is 26.5 Å². The summed E-state index contributed by atoms with van der Waals surface area (Å²) >= 11 is 0. The fourth-order valence-corrected chi connectivity index (χ4v) is 11.9. The number of esters is 1. The Morgan fingerprint density at radius 1 is 0.857 bits per heavy atom. The second-order valence-electron chi connectivity index (χ2n) is 19.6. The molecular formula is C53H76O10. The van der Waals surface area contributed by atoms with E-state index in [0.29, 0.717) is 17.6 Å². The summed E-state index contributed by atoms with van der Waals surface area (Å²) in [6.07, 6.45) is 25.4. The van der Waals surface area contributed by atoms with Gasteiger partial charge in [0.1, 0.15) is 30.5 Å². The van der Waals surface area contributed by atoms with Gasteiger partial charge in [-0.1, -0.05) is 172 Å². The largest absolute Gasteiger partial charge is 0.462 e. The van der Waals surface area contributed by atoms with Crippen molar-refractivity contribution in [1.82, 2.24) is 0 Å². The van der Waals surface area contributed by atoms with Crippen LogP contribution in [0.15, 0.2) is 78.4 Å². The monoisotopic (exact) mass is 873 g/mol. The molecule has 1 aromatic carbocycles. The fraction of sp³-hybridized carbons (Fsp3) is 0.698. The zero-order chi connectivity index (χ0) is 44.9. The molecule has 3 aliphatic heterocycles. The molecule has 6 aliphatic rings. The van der Waals surface area contributed by atoms with Crippen molar-refractivity contribution in [1.29, 1.82) is 0 Å². The number of carbonyl (C=O) groups is 2. The second kappa shape index (κ2) is 20.3. The van der Waals surface area contributed by atoms with Crippen LogP contribution in [0.1, 0.15) is 156 Å². The van der Waals surface area contributed by atoms with Crippen LogP contribution in [-0.4, -0.2) is 81.4 Å². The molecule has 3 saturated heterocycles. The minimum Gasteiger partial charge on any atom is -0.462 e. The highest BCUT2D eigenvalue weighted by Crippen LogP contribution is 2.73. The number of aliphatic hydroxyl groups is 2. The summed E-state index contributed by atoms with van der Waals surface area (Å²) in [5.41, 5.74) is -4.77. The number of ether oxygens (including phenoxy) is 6. The van der Waals surface area contributed by atoms with Gasteiger partial charge >= 0.3 is 11.9 Å². The van der Waals surface area contributed by atoms with Crippen LogP contribution in [0.2, 0.25) is 0 Å². The molecule has 3 bridgehead atoms. The maximum Gasteiger partial charge on any atom is 0.306 e. The number of hydrogen-bond acceptors (Lipinski definition) is 10. The van der Waals surface area contributed by atoms with E-state index in [1.54, 1.807) is 19.1 Å². The highest BCUT2D eigenvalue weighted by atomic mass is 16.9. The third-order valence-corrected chi connectivity index (χ3v) is 15.3. The number of epoxide rings is 1. The average Bonchev–Trinajstić information content (AvgIpc) is 3.89. The molecular weight excluding hydrogens is 797 g/mol. The van der Waals surface area contributed by atoms with Gasteiger partial charge in [0.05, 0.1) is 18.3 Å². The van der Waals surface area contributed by atoms with Crippen molar-refractivity contribution < 1.29 is 48.2 Å². The number of carbonyl (C=O) groups excluding carboxylic acids is 2. The van der Waals surface area contributed by atoms with Crippen molar-refractivity contribution >= 4 is 11.8 Å². The lowest BCUT2D eigenvalue weighted by Crippen LogP contribution is -2.76. The van der Waals surface area contributed by atoms with Crippen molar-refractivity contribution in [3.63, 3.8) is 0 Å². The molecule has 10 nitrogen and oxygen atoms in total. The van der Waals surface area contributed by atoms with Crippen LogP contribution in [0.3, 0.4) is 0 Å². The van der Waals surface area contributed by atoms with Crippen molar-refractivity contribution in [3.8, 4) is 0 Å². The number of hydrogen-bond donors (Lipinski definition) is 2. The molecule has 0 unspecified atom stereocenters. The zero-order valence-corrected chi connectivity index (χ0v) is 38.8. The molecule has 3 aliphatic carbocycles. The first-order valence-corrected chi connectivity index (χ1v) is 24.6. The minimum atomic E-state index is -2.38. The Morgan fingerprint density at radius 3 is 2.14 bits per heavy atom. The van der Waals surface area contributed by atoms with Gasteiger partial charge in [-0.2, -0.15) is 0 Å². The summed E-state index contributed by atoms with van der Waals surface area (Å²) < 4.78 is 40.9. The van der Waals surface area contributed by atoms with Gasteiger partial charge in [0.25, 0.3) is 0 Å². The molecule has 10 heteroatoms. The van der Waals surface area contributed by atoms with E-state index in [4.69, 9.17) is 28.4 Å². The first-order chi connectivity index (χ1) is 30.4. The fourth-order valence-electron chi connectivity index (χ4n) is 11.9. The van der Waals surface area contributed by atoms with Crippen LogP contribution in [-0.2, 0) is 44.6 Å². The van der Waals surface area contributed by atoms with Gasteiger partial charge in [-0.3, -0.25) is 9.59 Å². The van der Waals surface area contributed by atoms with E-state index in [9.17, 15) is 19.8 Å². The number of benzene rings is 1. The number of allylic oxidation sites excluding steroid dienone is 3. The first-order valence-electron chi connectivity index (χ1n) is 24.6. The minimum absolute atomic E-state index is 0.231. The van der Waals surface area contributed by atoms with Crippen molar-refractivity contribution in [2.75, 3.05) is 6.61 Å². The van der Waals surface area contributed by atoms with Gasteiger partial charge in [0, 0.05) is 30.3 Å². The number of Topliss-reactive ketones (excluding diaryl/α,β-unsaturated/α-hetero) is 1. The maximum absolute atomic E-state index is 14.4. The van der Waals surface area contributed by atoms with E-state index >= 15 is 0 Å². The Bertz CT molecular complexity index is 1840. The highest BCUT2D eigenvalue weighted by molar-refractivity contribution is 6.05. The van der Waals surface area contributed by atoms with Gasteiger partial charge in [-0.25, -0.2) is 0 Å². The molecule has 0 aromatic heterocycles. The molecule has 0 radical (unpaired) electrons. The predicted molar refractivity (Wildman–Crippen MR) is 242 cm³/mol. The van der Waals surface area contributed by atoms with Gasteiger partial charge < -0.3 is 38.6 Å². The Hall–Kier alpha value is -2.96. The highest BCUT2D eigenvalue weighted by Gasteiger charge is 2.90. The van der Waals surface area contributed by atoms with E-state index in [0.717, 1.165) is 50.5 Å². The van der Waals surface area contributed by atoms with Crippen LogP contribution in [0.4, 0.5) is 0 Å². The van der Waals surface area contributed by atoms with Crippen LogP contribution in [0.25, 0.3) is 0 Å². The first kappa shape index (κ1) is 48.0. The number of unbranched alkanes of at least 4 members (excludes halogenated alkanes) is 15. The van der Waals surface area contributed by atoms with E-state index in [1.165, 1.54) is 57.8 Å². The predicted octanol–water partition coefficient (Wildman–Crippen LogP) is 10.1. The van der Waals surface area contributed by atoms with Crippen LogP contribution in [0, 0.1) is 17.8 Å². The molecule has 2 saturated carbocycles. The number of aliphatic hydroxyl groups excluding tert-OH is 1. The number of rotatable bonds is 26. The second-order valence-corrected chi connectivity index (χ2v) is 19.6. The van der Waals surface area contributed by atoms with E-state index in [1.807, 2.05) is 56.3 Å². The van der Waals surface area contributed by atoms with Crippen LogP contribution >= 0.6 is 0 Å². The van der Waals surface area contributed by atoms with E-state index < -0.39 is 82.3 Å². The lowest BCUT2D eigenvalue weighted by molar-refractivity contribution is -0.408. The smallest absolute Gasteiger partial charge is 0.306 e. The average molecular weight is 873 g/mol. The van der Waals surface area contributed by atoms with Gasteiger partial charge in [0.15, 0.2) is 17.0 Å². The molecule has 2 N–H and O–H groups in total. The molecule has 7 rings (SSSR count). The third-order valence-electron chi connectivity index (χ3n) is 15.3. The molecule has 348 valence electrons. The lowest BCUT2D eigenvalue weighted by atomic mass is 9.53. The summed E-state index contributed by atoms with van der Waals surface area (Å²) in [6.45, 7) is 14.4. The molecule has 5 fully saturated rings. The third kappa shape index (κ3) is 8.88. The number of fused-ring (bicyclic) bond motifs is 3. The number of ketones is 1. The Morgan fingerprint density at radius 2 is 1.49 bits per heavy atom. The summed E-state index contributed by atoms with van der Waals surface area (Å²) in [5.74, 6) is -5.11. The SMILES string of the molecule is C=C(C)[C@@]12O[C@@]3(C=CC=CCCCCC)O[C@@H]1[C@@H]1[C@@H]4O[C@]4(COC(=O)CCCCCCCCCCCCCCC)[C@@H](O)[C@]4(O)C(=O)C(C)=C[C@H]4[C@@]1(O3)[C@H](C)[C@H]2OCc1ccccc1. The Balaban J connectivity index is 1.12. The Kier molecular flexibility index (Phi) is 15.4. The zero-order valence-electron chi connectivity index (χ0n) is 38.8. The van der Waals surface area contributed by atoms with Crippen molar-refractivity contribution in [2.45, 2.75) is 210 Å². The van der Waals surface area contributed by atoms with Crippen molar-refractivity contribution in [3.05, 3.63) is 84.0 Å². The van der Waals surface area contributed by atoms with Crippen LogP contribution in [0.5, 0.6) is 0 Å². The molecule has 0 spiro atoms.